The first-order chi connectivity index (χ1) is 7.91. The molecule has 0 aliphatic heterocycles. The van der Waals surface area contributed by atoms with Crippen LogP contribution in [0.3, 0.4) is 0 Å². The first-order valence-corrected chi connectivity index (χ1v) is 6.52. The molecule has 0 saturated heterocycles. The lowest BCUT2D eigenvalue weighted by atomic mass is 10.1. The Morgan fingerprint density at radius 2 is 2.12 bits per heavy atom. The second-order valence-electron chi connectivity index (χ2n) is 4.59. The maximum Gasteiger partial charge on any atom is 0.226 e. The summed E-state index contributed by atoms with van der Waals surface area (Å²) in [5.74, 6) is 0.641. The van der Waals surface area contributed by atoms with Gasteiger partial charge in [0.15, 0.2) is 0 Å². The van der Waals surface area contributed by atoms with Crippen LogP contribution >= 0.6 is 15.9 Å². The maximum atomic E-state index is 11.9. The minimum atomic E-state index is 0.104. The van der Waals surface area contributed by atoms with E-state index >= 15 is 0 Å². The first kappa shape index (κ1) is 14.0. The van der Waals surface area contributed by atoms with Gasteiger partial charge in [-0.05, 0) is 30.5 Å². The molecule has 94 valence electrons. The van der Waals surface area contributed by atoms with Crippen molar-refractivity contribution in [1.82, 2.24) is 0 Å². The monoisotopic (exact) mass is 298 g/mol. The Hall–Kier alpha value is -1.03. The number of carbonyl (C=O) groups excluding carboxylic acids is 1. The molecular formula is C13H19BrN2O. The molecule has 1 aromatic rings. The van der Waals surface area contributed by atoms with E-state index in [4.69, 9.17) is 5.73 Å². The average molecular weight is 299 g/mol. The molecule has 0 spiro atoms. The third-order valence-electron chi connectivity index (χ3n) is 2.66. The molecule has 0 radical (unpaired) electrons. The summed E-state index contributed by atoms with van der Waals surface area (Å²) >= 11 is 3.35. The fourth-order valence-electron chi connectivity index (χ4n) is 1.55. The number of rotatable bonds is 4. The minimum absolute atomic E-state index is 0.104. The van der Waals surface area contributed by atoms with Crippen molar-refractivity contribution in [2.45, 2.75) is 26.7 Å². The molecule has 2 N–H and O–H groups in total. The Kier molecular flexibility index (Phi) is 5.00. The molecule has 0 heterocycles. The highest BCUT2D eigenvalue weighted by atomic mass is 79.9. The van der Waals surface area contributed by atoms with Gasteiger partial charge in [0.2, 0.25) is 5.91 Å². The molecule has 3 nitrogen and oxygen atoms in total. The van der Waals surface area contributed by atoms with Crippen molar-refractivity contribution in [1.29, 1.82) is 0 Å². The number of hydrogen-bond donors (Lipinski definition) is 1. The molecule has 0 aliphatic rings. The Balaban J connectivity index is 2.74. The van der Waals surface area contributed by atoms with Gasteiger partial charge in [-0.1, -0.05) is 29.8 Å². The van der Waals surface area contributed by atoms with Crippen LogP contribution in [-0.4, -0.2) is 13.0 Å². The van der Waals surface area contributed by atoms with E-state index in [1.165, 1.54) is 0 Å². The third-order valence-corrected chi connectivity index (χ3v) is 3.15. The number of hydrogen-bond acceptors (Lipinski definition) is 2. The van der Waals surface area contributed by atoms with Gasteiger partial charge in [-0.25, -0.2) is 0 Å². The van der Waals surface area contributed by atoms with Gasteiger partial charge in [0, 0.05) is 17.9 Å². The minimum Gasteiger partial charge on any atom is -0.397 e. The van der Waals surface area contributed by atoms with Crippen molar-refractivity contribution in [2.75, 3.05) is 17.7 Å². The van der Waals surface area contributed by atoms with E-state index in [1.54, 1.807) is 11.9 Å². The topological polar surface area (TPSA) is 46.3 Å². The molecule has 0 fully saturated rings. The summed E-state index contributed by atoms with van der Waals surface area (Å²) in [6, 6.07) is 5.55. The van der Waals surface area contributed by atoms with Crippen LogP contribution in [0.4, 0.5) is 11.4 Å². The molecule has 0 unspecified atom stereocenters. The van der Waals surface area contributed by atoms with Crippen molar-refractivity contribution >= 4 is 33.2 Å². The molecule has 0 saturated carbocycles. The summed E-state index contributed by atoms with van der Waals surface area (Å²) in [4.78, 5) is 13.6. The van der Waals surface area contributed by atoms with Gasteiger partial charge in [0.25, 0.3) is 0 Å². The lowest BCUT2D eigenvalue weighted by Crippen LogP contribution is -2.27. The second-order valence-corrected chi connectivity index (χ2v) is 5.50. The molecule has 1 aromatic carbocycles. The van der Waals surface area contributed by atoms with E-state index in [2.05, 4.69) is 29.8 Å². The standard InChI is InChI=1S/C13H19BrN2O/c1-9(2)4-7-13(17)16(3)12-6-5-10(14)8-11(12)15/h5-6,8-9H,4,7,15H2,1-3H3. The number of nitrogens with zero attached hydrogens (tertiary/aromatic N) is 1. The highest BCUT2D eigenvalue weighted by Gasteiger charge is 2.13. The fraction of sp³-hybridized carbons (Fsp3) is 0.462. The van der Waals surface area contributed by atoms with Crippen LogP contribution in [0.25, 0.3) is 0 Å². The van der Waals surface area contributed by atoms with Crippen LogP contribution in [0.15, 0.2) is 22.7 Å². The Bertz CT molecular complexity index is 404. The maximum absolute atomic E-state index is 11.9. The summed E-state index contributed by atoms with van der Waals surface area (Å²) in [5, 5.41) is 0. The zero-order valence-corrected chi connectivity index (χ0v) is 12.1. The lowest BCUT2D eigenvalue weighted by Gasteiger charge is -2.19. The Morgan fingerprint density at radius 3 is 2.65 bits per heavy atom. The van der Waals surface area contributed by atoms with E-state index in [1.807, 2.05) is 18.2 Å². The number of benzene rings is 1. The van der Waals surface area contributed by atoms with Crippen molar-refractivity contribution in [3.8, 4) is 0 Å². The molecule has 0 aliphatic carbocycles. The Morgan fingerprint density at radius 1 is 1.47 bits per heavy atom. The summed E-state index contributed by atoms with van der Waals surface area (Å²) in [5.41, 5.74) is 7.27. The summed E-state index contributed by atoms with van der Waals surface area (Å²) in [7, 11) is 1.77. The Labute approximate surface area is 111 Å². The van der Waals surface area contributed by atoms with E-state index in [0.29, 0.717) is 18.0 Å². The molecule has 1 rings (SSSR count). The number of amides is 1. The van der Waals surface area contributed by atoms with Gasteiger partial charge in [-0.3, -0.25) is 4.79 Å². The van der Waals surface area contributed by atoms with Crippen molar-refractivity contribution in [3.63, 3.8) is 0 Å². The lowest BCUT2D eigenvalue weighted by molar-refractivity contribution is -0.118. The number of nitrogen functional groups attached to an aromatic ring is 1. The van der Waals surface area contributed by atoms with Gasteiger partial charge >= 0.3 is 0 Å². The van der Waals surface area contributed by atoms with Gasteiger partial charge in [-0.15, -0.1) is 0 Å². The van der Waals surface area contributed by atoms with Gasteiger partial charge in [0.1, 0.15) is 0 Å². The summed E-state index contributed by atoms with van der Waals surface area (Å²) in [6.45, 7) is 4.22. The highest BCUT2D eigenvalue weighted by Crippen LogP contribution is 2.26. The predicted octanol–water partition coefficient (Wildman–Crippen LogP) is 3.43. The molecule has 0 bridgehead atoms. The second kappa shape index (κ2) is 6.05. The van der Waals surface area contributed by atoms with Crippen molar-refractivity contribution in [3.05, 3.63) is 22.7 Å². The van der Waals surface area contributed by atoms with Crippen molar-refractivity contribution in [2.24, 2.45) is 5.92 Å². The molecule has 1 amide bonds. The van der Waals surface area contributed by atoms with Crippen molar-refractivity contribution < 1.29 is 4.79 Å². The van der Waals surface area contributed by atoms with Crippen LogP contribution in [0.1, 0.15) is 26.7 Å². The number of nitrogens with two attached hydrogens (primary N) is 1. The number of anilines is 2. The van der Waals surface area contributed by atoms with E-state index in [0.717, 1.165) is 16.6 Å². The van der Waals surface area contributed by atoms with E-state index in [9.17, 15) is 4.79 Å². The van der Waals surface area contributed by atoms with Gasteiger partial charge in [-0.2, -0.15) is 0 Å². The number of carbonyl (C=O) groups is 1. The molecule has 0 atom stereocenters. The van der Waals surface area contributed by atoms with E-state index in [-0.39, 0.29) is 5.91 Å². The SMILES string of the molecule is CC(C)CCC(=O)N(C)c1ccc(Br)cc1N. The van der Waals surface area contributed by atoms with Crippen LogP contribution in [-0.2, 0) is 4.79 Å². The average Bonchev–Trinajstić information content (AvgIpc) is 2.25. The van der Waals surface area contributed by atoms with Crippen LogP contribution < -0.4 is 10.6 Å². The molecule has 4 heteroatoms. The van der Waals surface area contributed by atoms with Gasteiger partial charge in [0.05, 0.1) is 11.4 Å². The van der Waals surface area contributed by atoms with Gasteiger partial charge < -0.3 is 10.6 Å². The van der Waals surface area contributed by atoms with Crippen LogP contribution in [0, 0.1) is 5.92 Å². The first-order valence-electron chi connectivity index (χ1n) is 5.73. The molecule has 17 heavy (non-hydrogen) atoms. The summed E-state index contributed by atoms with van der Waals surface area (Å²) < 4.78 is 0.918. The number of halogens is 1. The zero-order chi connectivity index (χ0) is 13.0. The molecule has 0 aromatic heterocycles. The zero-order valence-electron chi connectivity index (χ0n) is 10.5. The predicted molar refractivity (Wildman–Crippen MR) is 76.0 cm³/mol. The van der Waals surface area contributed by atoms with Crippen LogP contribution in [0.5, 0.6) is 0 Å². The smallest absolute Gasteiger partial charge is 0.226 e. The van der Waals surface area contributed by atoms with Crippen LogP contribution in [0.2, 0.25) is 0 Å². The summed E-state index contributed by atoms with van der Waals surface area (Å²) in [6.07, 6.45) is 1.46. The third kappa shape index (κ3) is 4.04. The fourth-order valence-corrected chi connectivity index (χ4v) is 1.92. The largest absolute Gasteiger partial charge is 0.397 e. The molecular weight excluding hydrogens is 280 g/mol. The normalized spacial score (nSPS) is 10.6. The highest BCUT2D eigenvalue weighted by molar-refractivity contribution is 9.10. The van der Waals surface area contributed by atoms with E-state index < -0.39 is 0 Å². The quantitative estimate of drug-likeness (QED) is 0.866.